The van der Waals surface area contributed by atoms with Crippen molar-refractivity contribution in [2.75, 3.05) is 13.2 Å². The second kappa shape index (κ2) is 4.21. The molecule has 0 radical (unpaired) electrons. The molecule has 0 rings (SSSR count). The zero-order valence-electron chi connectivity index (χ0n) is 4.99. The van der Waals surface area contributed by atoms with E-state index in [-0.39, 0.29) is 13.2 Å². The van der Waals surface area contributed by atoms with E-state index in [0.29, 0.717) is 0 Å². The predicted octanol–water partition coefficient (Wildman–Crippen LogP) is 1.97. The van der Waals surface area contributed by atoms with E-state index in [9.17, 15) is 8.78 Å². The number of ether oxygens (including phenoxy) is 1. The van der Waals surface area contributed by atoms with Gasteiger partial charge in [0, 0.05) is 0 Å². The van der Waals surface area contributed by atoms with Crippen molar-refractivity contribution in [2.45, 2.75) is 0 Å². The normalized spacial score (nSPS) is 9.11. The number of hydrogen-bond acceptors (Lipinski definition) is 1. The summed E-state index contributed by atoms with van der Waals surface area (Å²) in [5, 5.41) is 0. The molecule has 0 aliphatic rings. The maximum absolute atomic E-state index is 11.7. The topological polar surface area (TPSA) is 9.23 Å². The molecule has 0 N–H and O–H groups in total. The minimum Gasteiger partial charge on any atom is -0.367 e. The zero-order chi connectivity index (χ0) is 7.28. The molecule has 0 saturated heterocycles. The molecule has 0 atom stereocenters. The largest absolute Gasteiger partial charge is 0.367 e. The summed E-state index contributed by atoms with van der Waals surface area (Å²) < 4.78 is 27.8. The van der Waals surface area contributed by atoms with E-state index in [4.69, 9.17) is 0 Å². The molecule has 0 saturated carbocycles. The molecule has 0 aliphatic carbocycles. The van der Waals surface area contributed by atoms with Crippen LogP contribution in [0.3, 0.4) is 0 Å². The lowest BCUT2D eigenvalue weighted by Crippen LogP contribution is -1.95. The fraction of sp³-hybridized carbons (Fsp3) is 0.333. The minimum absolute atomic E-state index is 0.261. The average Bonchev–Trinajstić information content (AvgIpc) is 1.63. The summed E-state index contributed by atoms with van der Waals surface area (Å²) in [5.74, 6) is -1.23. The Balaban J connectivity index is 3.10. The van der Waals surface area contributed by atoms with Crippen LogP contribution in [0, 0.1) is 0 Å². The lowest BCUT2D eigenvalue weighted by molar-refractivity contribution is 0.151. The highest BCUT2D eigenvalue weighted by molar-refractivity contribution is 4.82. The van der Waals surface area contributed by atoms with Crippen LogP contribution in [-0.2, 0) is 4.74 Å². The van der Waals surface area contributed by atoms with E-state index in [2.05, 4.69) is 17.9 Å². The molecule has 0 aromatic heterocycles. The molecular weight excluding hydrogens is 126 g/mol. The molecule has 0 fully saturated rings. The average molecular weight is 134 g/mol. The Morgan fingerprint density at radius 1 is 1.11 bits per heavy atom. The molecule has 3 heteroatoms. The second-order valence-electron chi connectivity index (χ2n) is 1.53. The fourth-order valence-electron chi connectivity index (χ4n) is 0.273. The van der Waals surface area contributed by atoms with Crippen molar-refractivity contribution in [1.82, 2.24) is 0 Å². The van der Waals surface area contributed by atoms with Gasteiger partial charge >= 0.3 is 0 Å². The van der Waals surface area contributed by atoms with Crippen LogP contribution in [0.15, 0.2) is 24.8 Å². The lowest BCUT2D eigenvalue weighted by atomic mass is 10.6. The third kappa shape index (κ3) is 7.30. The first-order valence-electron chi connectivity index (χ1n) is 2.37. The van der Waals surface area contributed by atoms with Crippen LogP contribution in [0.5, 0.6) is 0 Å². The van der Waals surface area contributed by atoms with Gasteiger partial charge in [-0.15, -0.1) is 0 Å². The van der Waals surface area contributed by atoms with E-state index in [1.165, 1.54) is 0 Å². The van der Waals surface area contributed by atoms with Gasteiger partial charge in [0.2, 0.25) is 0 Å². The fourth-order valence-corrected chi connectivity index (χ4v) is 0.273. The summed E-state index contributed by atoms with van der Waals surface area (Å²) in [6, 6.07) is 0. The van der Waals surface area contributed by atoms with Gasteiger partial charge in [0.25, 0.3) is 0 Å². The SMILES string of the molecule is C=C(F)COCC(=C)F. The summed E-state index contributed by atoms with van der Waals surface area (Å²) in [6.45, 7) is 5.29. The number of rotatable bonds is 4. The molecule has 9 heavy (non-hydrogen) atoms. The van der Waals surface area contributed by atoms with Crippen molar-refractivity contribution < 1.29 is 13.5 Å². The van der Waals surface area contributed by atoms with Gasteiger partial charge in [0.05, 0.1) is 13.2 Å². The lowest BCUT2D eigenvalue weighted by Gasteiger charge is -1.96. The van der Waals surface area contributed by atoms with Crippen molar-refractivity contribution in [1.29, 1.82) is 0 Å². The van der Waals surface area contributed by atoms with Crippen LogP contribution in [0.2, 0.25) is 0 Å². The van der Waals surface area contributed by atoms with Gasteiger partial charge in [-0.05, 0) is 0 Å². The quantitative estimate of drug-likeness (QED) is 0.571. The second-order valence-corrected chi connectivity index (χ2v) is 1.53. The maximum atomic E-state index is 11.7. The Morgan fingerprint density at radius 2 is 1.44 bits per heavy atom. The number of hydrogen-bond donors (Lipinski definition) is 0. The third-order valence-corrected chi connectivity index (χ3v) is 0.517. The monoisotopic (exact) mass is 134 g/mol. The van der Waals surface area contributed by atoms with Gasteiger partial charge in [-0.2, -0.15) is 0 Å². The Bertz CT molecular complexity index is 106. The van der Waals surface area contributed by atoms with E-state index >= 15 is 0 Å². The first-order valence-corrected chi connectivity index (χ1v) is 2.37. The summed E-state index contributed by atoms with van der Waals surface area (Å²) in [6.07, 6.45) is 0. The van der Waals surface area contributed by atoms with E-state index in [1.807, 2.05) is 0 Å². The minimum atomic E-state index is -0.615. The number of halogens is 2. The highest BCUT2D eigenvalue weighted by Gasteiger charge is 1.92. The zero-order valence-corrected chi connectivity index (χ0v) is 4.99. The molecule has 0 amide bonds. The van der Waals surface area contributed by atoms with Crippen molar-refractivity contribution in [2.24, 2.45) is 0 Å². The van der Waals surface area contributed by atoms with Gasteiger partial charge in [-0.25, -0.2) is 8.78 Å². The molecule has 0 aromatic carbocycles. The van der Waals surface area contributed by atoms with Gasteiger partial charge < -0.3 is 4.74 Å². The molecule has 0 spiro atoms. The smallest absolute Gasteiger partial charge is 0.118 e. The van der Waals surface area contributed by atoms with Crippen LogP contribution in [0.4, 0.5) is 8.78 Å². The summed E-state index contributed by atoms with van der Waals surface area (Å²) >= 11 is 0. The van der Waals surface area contributed by atoms with Crippen LogP contribution in [-0.4, -0.2) is 13.2 Å². The maximum Gasteiger partial charge on any atom is 0.118 e. The van der Waals surface area contributed by atoms with Gasteiger partial charge in [0.1, 0.15) is 11.7 Å². The van der Waals surface area contributed by atoms with Crippen LogP contribution >= 0.6 is 0 Å². The Labute approximate surface area is 52.6 Å². The van der Waals surface area contributed by atoms with Crippen LogP contribution in [0.1, 0.15) is 0 Å². The summed E-state index contributed by atoms with van der Waals surface area (Å²) in [7, 11) is 0. The van der Waals surface area contributed by atoms with Crippen LogP contribution < -0.4 is 0 Å². The Kier molecular flexibility index (Phi) is 3.88. The summed E-state index contributed by atoms with van der Waals surface area (Å²) in [5.41, 5.74) is 0. The standard InChI is InChI=1S/C6H8F2O/c1-5(7)3-9-4-6(2)8/h1-4H2. The Hall–Kier alpha value is -0.700. The first-order chi connectivity index (χ1) is 4.13. The predicted molar refractivity (Wildman–Crippen MR) is 31.3 cm³/mol. The molecule has 0 aromatic rings. The highest BCUT2D eigenvalue weighted by atomic mass is 19.1. The molecule has 0 aliphatic heterocycles. The highest BCUT2D eigenvalue weighted by Crippen LogP contribution is 1.95. The molecule has 0 bridgehead atoms. The Morgan fingerprint density at radius 3 is 1.67 bits per heavy atom. The molecule has 52 valence electrons. The first kappa shape index (κ1) is 8.30. The summed E-state index contributed by atoms with van der Waals surface area (Å²) in [4.78, 5) is 0. The molecule has 0 unspecified atom stereocenters. The van der Waals surface area contributed by atoms with Gasteiger partial charge in [0.15, 0.2) is 0 Å². The van der Waals surface area contributed by atoms with Crippen LogP contribution in [0.25, 0.3) is 0 Å². The molecule has 0 heterocycles. The molecular formula is C6H8F2O. The van der Waals surface area contributed by atoms with E-state index in [0.717, 1.165) is 0 Å². The molecule has 1 nitrogen and oxygen atoms in total. The van der Waals surface area contributed by atoms with Crippen molar-refractivity contribution in [3.05, 3.63) is 24.8 Å². The van der Waals surface area contributed by atoms with Crippen molar-refractivity contribution >= 4 is 0 Å². The van der Waals surface area contributed by atoms with Crippen molar-refractivity contribution in [3.63, 3.8) is 0 Å². The van der Waals surface area contributed by atoms with Gasteiger partial charge in [-0.3, -0.25) is 0 Å². The van der Waals surface area contributed by atoms with E-state index < -0.39 is 11.7 Å². The third-order valence-electron chi connectivity index (χ3n) is 0.517. The van der Waals surface area contributed by atoms with E-state index in [1.54, 1.807) is 0 Å². The van der Waals surface area contributed by atoms with Crippen molar-refractivity contribution in [3.8, 4) is 0 Å². The van der Waals surface area contributed by atoms with Gasteiger partial charge in [-0.1, -0.05) is 13.2 Å².